The van der Waals surface area contributed by atoms with Crippen LogP contribution in [0.4, 0.5) is 0 Å². The van der Waals surface area contributed by atoms with Gasteiger partial charge in [0.05, 0.1) is 5.41 Å². The SMILES string of the molecule is C=C(C)C(=O)Oc1ccc(-c2cc(OC(=O)/C(C)=C/C)c(-c3ccc(OC(=O)C(C)(C)C)cc3)cc2OC(=O)/C(C)=C/C)cc1. The van der Waals surface area contributed by atoms with Gasteiger partial charge in [0.25, 0.3) is 0 Å². The monoisotopic (exact) mass is 610 g/mol. The summed E-state index contributed by atoms with van der Waals surface area (Å²) in [7, 11) is 0. The largest absolute Gasteiger partial charge is 0.426 e. The van der Waals surface area contributed by atoms with Crippen molar-refractivity contribution in [1.82, 2.24) is 0 Å². The van der Waals surface area contributed by atoms with Gasteiger partial charge in [-0.15, -0.1) is 0 Å². The maximum atomic E-state index is 12.9. The van der Waals surface area contributed by atoms with Crippen LogP contribution >= 0.6 is 0 Å². The summed E-state index contributed by atoms with van der Waals surface area (Å²) in [6.07, 6.45) is 3.28. The van der Waals surface area contributed by atoms with E-state index >= 15 is 0 Å². The van der Waals surface area contributed by atoms with Crippen molar-refractivity contribution < 1.29 is 38.1 Å². The van der Waals surface area contributed by atoms with Crippen molar-refractivity contribution in [1.29, 1.82) is 0 Å². The van der Waals surface area contributed by atoms with Crippen LogP contribution in [-0.2, 0) is 19.2 Å². The number of allylic oxidation sites excluding steroid dienone is 2. The number of hydrogen-bond acceptors (Lipinski definition) is 8. The zero-order valence-electron chi connectivity index (χ0n) is 26.9. The molecule has 3 rings (SSSR count). The van der Waals surface area contributed by atoms with Gasteiger partial charge in [-0.3, -0.25) is 4.79 Å². The summed E-state index contributed by atoms with van der Waals surface area (Å²) < 4.78 is 22.5. The average Bonchev–Trinajstić information content (AvgIpc) is 3.00. The molecule has 8 heteroatoms. The molecule has 0 amide bonds. The minimum absolute atomic E-state index is 0.202. The highest BCUT2D eigenvalue weighted by Crippen LogP contribution is 2.42. The van der Waals surface area contributed by atoms with Crippen LogP contribution in [0, 0.1) is 5.41 Å². The minimum Gasteiger partial charge on any atom is -0.426 e. The molecular weight excluding hydrogens is 572 g/mol. The molecule has 0 aliphatic rings. The summed E-state index contributed by atoms with van der Waals surface area (Å²) >= 11 is 0. The number of hydrogen-bond donors (Lipinski definition) is 0. The molecule has 234 valence electrons. The molecule has 45 heavy (non-hydrogen) atoms. The Morgan fingerprint density at radius 3 is 1.31 bits per heavy atom. The van der Waals surface area contributed by atoms with Crippen LogP contribution in [0.5, 0.6) is 23.0 Å². The second-order valence-corrected chi connectivity index (χ2v) is 11.4. The first kappa shape index (κ1) is 34.3. The second kappa shape index (κ2) is 14.5. The molecular formula is C37H38O8. The Morgan fingerprint density at radius 2 is 0.978 bits per heavy atom. The van der Waals surface area contributed by atoms with Gasteiger partial charge in [0.15, 0.2) is 0 Å². The zero-order chi connectivity index (χ0) is 33.5. The first-order chi connectivity index (χ1) is 21.1. The lowest BCUT2D eigenvalue weighted by Crippen LogP contribution is -2.25. The van der Waals surface area contributed by atoms with Gasteiger partial charge in [-0.2, -0.15) is 0 Å². The summed E-state index contributed by atoms with van der Waals surface area (Å²) in [5, 5.41) is 0. The number of benzene rings is 3. The summed E-state index contributed by atoms with van der Waals surface area (Å²) in [6.45, 7) is 17.2. The second-order valence-electron chi connectivity index (χ2n) is 11.4. The molecule has 0 saturated heterocycles. The van der Waals surface area contributed by atoms with E-state index in [1.807, 2.05) is 0 Å². The third kappa shape index (κ3) is 8.89. The van der Waals surface area contributed by atoms with Crippen LogP contribution < -0.4 is 18.9 Å². The molecule has 0 saturated carbocycles. The first-order valence-corrected chi connectivity index (χ1v) is 14.3. The first-order valence-electron chi connectivity index (χ1n) is 14.3. The lowest BCUT2D eigenvalue weighted by Gasteiger charge is -2.18. The van der Waals surface area contributed by atoms with E-state index in [1.54, 1.807) is 128 Å². The third-order valence-electron chi connectivity index (χ3n) is 6.71. The molecule has 0 spiro atoms. The van der Waals surface area contributed by atoms with E-state index in [2.05, 4.69) is 6.58 Å². The van der Waals surface area contributed by atoms with Crippen LogP contribution in [0.1, 0.15) is 55.4 Å². The van der Waals surface area contributed by atoms with Crippen LogP contribution in [0.15, 0.2) is 96.1 Å². The molecule has 0 unspecified atom stereocenters. The molecule has 8 nitrogen and oxygen atoms in total. The molecule has 0 atom stereocenters. The van der Waals surface area contributed by atoms with Gasteiger partial charge < -0.3 is 18.9 Å². The normalized spacial score (nSPS) is 11.8. The number of esters is 4. The van der Waals surface area contributed by atoms with Crippen molar-refractivity contribution in [3.05, 3.63) is 96.1 Å². The molecule has 3 aromatic carbocycles. The van der Waals surface area contributed by atoms with Gasteiger partial charge in [-0.25, -0.2) is 14.4 Å². The predicted octanol–water partition coefficient (Wildman–Crippen LogP) is 8.20. The topological polar surface area (TPSA) is 105 Å². The van der Waals surface area contributed by atoms with Crippen molar-refractivity contribution >= 4 is 23.9 Å². The van der Waals surface area contributed by atoms with Crippen LogP contribution in [0.25, 0.3) is 22.3 Å². The standard InChI is InChI=1S/C37H38O8/c1-10-23(5)34(39)44-31-21-30(26-14-18-28(19-15-26)43-36(41)37(7,8)9)32(45-35(40)24(6)11-2)20-29(31)25-12-16-27(17-13-25)42-33(38)22(3)4/h10-21H,3H2,1-2,4-9H3/b23-10+,24-11+. The molecule has 0 N–H and O–H groups in total. The molecule has 0 radical (unpaired) electrons. The van der Waals surface area contributed by atoms with Gasteiger partial charge in [-0.05, 0) is 103 Å². The summed E-state index contributed by atoms with van der Waals surface area (Å²) in [6, 6.07) is 16.5. The van der Waals surface area contributed by atoms with Gasteiger partial charge >= 0.3 is 23.9 Å². The molecule has 3 aromatic rings. The predicted molar refractivity (Wildman–Crippen MR) is 173 cm³/mol. The van der Waals surface area contributed by atoms with Gasteiger partial charge in [0.2, 0.25) is 0 Å². The lowest BCUT2D eigenvalue weighted by atomic mass is 9.97. The van der Waals surface area contributed by atoms with Crippen LogP contribution in [0.3, 0.4) is 0 Å². The molecule has 0 heterocycles. The van der Waals surface area contributed by atoms with E-state index < -0.39 is 23.3 Å². The Kier molecular flexibility index (Phi) is 11.0. The quantitative estimate of drug-likeness (QED) is 0.136. The van der Waals surface area contributed by atoms with E-state index in [4.69, 9.17) is 18.9 Å². The van der Waals surface area contributed by atoms with Gasteiger partial charge in [-0.1, -0.05) is 43.0 Å². The highest BCUT2D eigenvalue weighted by atomic mass is 16.5. The summed E-state index contributed by atoms with van der Waals surface area (Å²) in [5.74, 6) is -1.01. The number of carbonyl (C=O) groups is 4. The van der Waals surface area contributed by atoms with Crippen molar-refractivity contribution in [2.75, 3.05) is 0 Å². The highest BCUT2D eigenvalue weighted by molar-refractivity contribution is 5.94. The molecule has 0 fully saturated rings. The Bertz CT molecular complexity index is 1680. The number of carbonyl (C=O) groups excluding carboxylic acids is 4. The van der Waals surface area contributed by atoms with Crippen molar-refractivity contribution in [3.63, 3.8) is 0 Å². The molecule has 0 aromatic heterocycles. The Balaban J connectivity index is 2.19. The van der Waals surface area contributed by atoms with Crippen molar-refractivity contribution in [3.8, 4) is 45.3 Å². The number of rotatable bonds is 9. The third-order valence-corrected chi connectivity index (χ3v) is 6.71. The van der Waals surface area contributed by atoms with E-state index in [-0.39, 0.29) is 23.0 Å². The fourth-order valence-electron chi connectivity index (χ4n) is 3.64. The van der Waals surface area contributed by atoms with Crippen LogP contribution in [0.2, 0.25) is 0 Å². The molecule has 0 aliphatic heterocycles. The van der Waals surface area contributed by atoms with E-state index in [1.165, 1.54) is 0 Å². The number of ether oxygens (including phenoxy) is 4. The van der Waals surface area contributed by atoms with E-state index in [9.17, 15) is 19.2 Å². The maximum Gasteiger partial charge on any atom is 0.338 e. The minimum atomic E-state index is -0.686. The van der Waals surface area contributed by atoms with E-state index in [0.29, 0.717) is 44.9 Å². The lowest BCUT2D eigenvalue weighted by molar-refractivity contribution is -0.143. The Hall–Kier alpha value is -5.24. The summed E-state index contributed by atoms with van der Waals surface area (Å²) in [5.41, 5.74) is 2.48. The molecule has 0 bridgehead atoms. The van der Waals surface area contributed by atoms with Crippen LogP contribution in [-0.4, -0.2) is 23.9 Å². The average molecular weight is 611 g/mol. The zero-order valence-corrected chi connectivity index (χ0v) is 26.9. The summed E-state index contributed by atoms with van der Waals surface area (Å²) in [4.78, 5) is 50.3. The Labute approximate surface area is 264 Å². The van der Waals surface area contributed by atoms with Gasteiger partial charge in [0.1, 0.15) is 23.0 Å². The smallest absolute Gasteiger partial charge is 0.338 e. The Morgan fingerprint density at radius 1 is 0.600 bits per heavy atom. The van der Waals surface area contributed by atoms with Crippen molar-refractivity contribution in [2.24, 2.45) is 5.41 Å². The maximum absolute atomic E-state index is 12.9. The fourth-order valence-corrected chi connectivity index (χ4v) is 3.64. The fraction of sp³-hybridized carbons (Fsp3) is 0.243. The highest BCUT2D eigenvalue weighted by Gasteiger charge is 2.24. The van der Waals surface area contributed by atoms with Crippen molar-refractivity contribution in [2.45, 2.75) is 55.4 Å². The van der Waals surface area contributed by atoms with E-state index in [0.717, 1.165) is 0 Å². The molecule has 0 aliphatic carbocycles. The van der Waals surface area contributed by atoms with Gasteiger partial charge in [0, 0.05) is 27.8 Å².